The van der Waals surface area contributed by atoms with Crippen molar-refractivity contribution in [1.29, 1.82) is 0 Å². The van der Waals surface area contributed by atoms with Crippen molar-refractivity contribution in [2.24, 2.45) is 0 Å². The van der Waals surface area contributed by atoms with Gasteiger partial charge in [-0.25, -0.2) is 4.79 Å². The summed E-state index contributed by atoms with van der Waals surface area (Å²) in [4.78, 5) is 25.9. The van der Waals surface area contributed by atoms with Gasteiger partial charge in [0.2, 0.25) is 0 Å². The molecule has 25 heavy (non-hydrogen) atoms. The fraction of sp³-hybridized carbons (Fsp3) is 0.421. The van der Waals surface area contributed by atoms with Crippen LogP contribution in [0.25, 0.3) is 0 Å². The van der Waals surface area contributed by atoms with Crippen LogP contribution >= 0.6 is 0 Å². The number of nitrogens with zero attached hydrogens (tertiary/aromatic N) is 3. The van der Waals surface area contributed by atoms with E-state index in [2.05, 4.69) is 5.10 Å². The van der Waals surface area contributed by atoms with Crippen molar-refractivity contribution in [3.8, 4) is 0 Å². The lowest BCUT2D eigenvalue weighted by atomic mass is 10.0. The smallest absolute Gasteiger partial charge is 0.339 e. The zero-order valence-electron chi connectivity index (χ0n) is 14.8. The Kier molecular flexibility index (Phi) is 4.61. The molecule has 132 valence electrons. The number of hydrogen-bond acceptors (Lipinski definition) is 3. The maximum Gasteiger partial charge on any atom is 0.339 e. The first-order valence-corrected chi connectivity index (χ1v) is 8.52. The minimum absolute atomic E-state index is 0.0723. The first-order valence-electron chi connectivity index (χ1n) is 8.52. The average Bonchev–Trinajstić information content (AvgIpc) is 2.98. The molecule has 6 nitrogen and oxygen atoms in total. The predicted octanol–water partition coefficient (Wildman–Crippen LogP) is 2.98. The molecule has 0 radical (unpaired) electrons. The molecule has 1 N–H and O–H groups in total. The molecule has 3 rings (SSSR count). The van der Waals surface area contributed by atoms with Gasteiger partial charge in [-0.2, -0.15) is 5.10 Å². The molecule has 2 heterocycles. The molecule has 1 aromatic heterocycles. The van der Waals surface area contributed by atoms with Gasteiger partial charge in [-0.15, -0.1) is 0 Å². The number of aromatic nitrogens is 2. The lowest BCUT2D eigenvalue weighted by molar-refractivity contribution is 0.0687. The lowest BCUT2D eigenvalue weighted by Crippen LogP contribution is -2.39. The number of likely N-dealkylation sites (tertiary alicyclic amines) is 1. The van der Waals surface area contributed by atoms with Crippen LogP contribution in [0.1, 0.15) is 56.4 Å². The van der Waals surface area contributed by atoms with Gasteiger partial charge in [-0.05, 0) is 45.2 Å². The molecule has 6 heteroatoms. The molecular formula is C19H23N3O3. The minimum Gasteiger partial charge on any atom is -0.478 e. The number of carboxylic acids is 1. The average molecular weight is 341 g/mol. The Labute approximate surface area is 147 Å². The van der Waals surface area contributed by atoms with Gasteiger partial charge in [0.25, 0.3) is 5.91 Å². The summed E-state index contributed by atoms with van der Waals surface area (Å²) < 4.78 is 1.79. The van der Waals surface area contributed by atoms with Crippen LogP contribution in [0.5, 0.6) is 0 Å². The number of amides is 1. The molecule has 1 amide bonds. The standard InChI is InChI=1S/C19H23N3O3/c1-12-4-5-13(2)16(10-12)18(23)21-8-6-15(7-9-21)22-14(3)17(11-20-22)19(24)25/h4-5,10-11,15H,6-9H2,1-3H3,(H,24,25). The second-order valence-corrected chi connectivity index (χ2v) is 6.74. The maximum atomic E-state index is 12.8. The largest absolute Gasteiger partial charge is 0.478 e. The van der Waals surface area contributed by atoms with Crippen LogP contribution in [-0.2, 0) is 0 Å². The van der Waals surface area contributed by atoms with Crippen LogP contribution in [0.4, 0.5) is 0 Å². The van der Waals surface area contributed by atoms with Crippen molar-refractivity contribution >= 4 is 11.9 Å². The molecule has 1 fully saturated rings. The molecule has 1 aliphatic rings. The molecule has 0 bridgehead atoms. The molecule has 0 unspecified atom stereocenters. The Bertz CT molecular complexity index is 817. The highest BCUT2D eigenvalue weighted by molar-refractivity contribution is 5.96. The van der Waals surface area contributed by atoms with Gasteiger partial charge in [0.05, 0.1) is 17.9 Å². The second-order valence-electron chi connectivity index (χ2n) is 6.74. The van der Waals surface area contributed by atoms with Gasteiger partial charge >= 0.3 is 5.97 Å². The SMILES string of the molecule is Cc1ccc(C)c(C(=O)N2CCC(n3ncc(C(=O)O)c3C)CC2)c1. The van der Waals surface area contributed by atoms with E-state index in [9.17, 15) is 9.59 Å². The van der Waals surface area contributed by atoms with Gasteiger partial charge in [0.15, 0.2) is 0 Å². The first kappa shape index (κ1) is 17.2. The third kappa shape index (κ3) is 3.29. The fourth-order valence-corrected chi connectivity index (χ4v) is 3.45. The van der Waals surface area contributed by atoms with E-state index in [4.69, 9.17) is 5.11 Å². The van der Waals surface area contributed by atoms with Crippen LogP contribution in [-0.4, -0.2) is 44.8 Å². The van der Waals surface area contributed by atoms with E-state index in [0.717, 1.165) is 29.5 Å². The van der Waals surface area contributed by atoms with E-state index in [1.54, 1.807) is 11.6 Å². The molecule has 1 aromatic carbocycles. The number of aromatic carboxylic acids is 1. The summed E-state index contributed by atoms with van der Waals surface area (Å²) in [5, 5.41) is 13.4. The summed E-state index contributed by atoms with van der Waals surface area (Å²) >= 11 is 0. The summed E-state index contributed by atoms with van der Waals surface area (Å²) in [6.07, 6.45) is 2.96. The Morgan fingerprint density at radius 3 is 2.40 bits per heavy atom. The highest BCUT2D eigenvalue weighted by atomic mass is 16.4. The van der Waals surface area contributed by atoms with Gasteiger partial charge in [-0.3, -0.25) is 9.48 Å². The Balaban J connectivity index is 1.71. The zero-order valence-corrected chi connectivity index (χ0v) is 14.8. The van der Waals surface area contributed by atoms with E-state index < -0.39 is 5.97 Å². The van der Waals surface area contributed by atoms with Gasteiger partial charge < -0.3 is 10.0 Å². The van der Waals surface area contributed by atoms with Crippen LogP contribution in [0, 0.1) is 20.8 Å². The quantitative estimate of drug-likeness (QED) is 0.931. The number of carbonyl (C=O) groups excluding carboxylic acids is 1. The number of benzene rings is 1. The number of rotatable bonds is 3. The summed E-state index contributed by atoms with van der Waals surface area (Å²) in [6, 6.07) is 6.07. The van der Waals surface area contributed by atoms with Crippen LogP contribution in [0.2, 0.25) is 0 Å². The molecule has 1 aliphatic heterocycles. The van der Waals surface area contributed by atoms with Crippen molar-refractivity contribution in [1.82, 2.24) is 14.7 Å². The molecule has 0 aliphatic carbocycles. The number of piperidine rings is 1. The van der Waals surface area contributed by atoms with Crippen LogP contribution in [0.15, 0.2) is 24.4 Å². The van der Waals surface area contributed by atoms with Crippen LogP contribution in [0.3, 0.4) is 0 Å². The van der Waals surface area contributed by atoms with Crippen LogP contribution < -0.4 is 0 Å². The second kappa shape index (κ2) is 6.70. The fourth-order valence-electron chi connectivity index (χ4n) is 3.45. The van der Waals surface area contributed by atoms with Gasteiger partial charge in [0, 0.05) is 18.7 Å². The number of carbonyl (C=O) groups is 2. The third-order valence-corrected chi connectivity index (χ3v) is 5.00. The molecule has 0 saturated carbocycles. The summed E-state index contributed by atoms with van der Waals surface area (Å²) in [6.45, 7) is 7.03. The van der Waals surface area contributed by atoms with Crippen molar-refractivity contribution in [2.75, 3.05) is 13.1 Å². The van der Waals surface area contributed by atoms with Crippen molar-refractivity contribution in [3.05, 3.63) is 52.3 Å². The molecule has 0 spiro atoms. The number of aryl methyl sites for hydroxylation is 2. The van der Waals surface area contributed by atoms with E-state index >= 15 is 0 Å². The predicted molar refractivity (Wildman–Crippen MR) is 94.0 cm³/mol. The molecular weight excluding hydrogens is 318 g/mol. The van der Waals surface area contributed by atoms with Gasteiger partial charge in [-0.1, -0.05) is 17.7 Å². The monoisotopic (exact) mass is 341 g/mol. The highest BCUT2D eigenvalue weighted by Gasteiger charge is 2.27. The topological polar surface area (TPSA) is 75.4 Å². The molecule has 0 atom stereocenters. The molecule has 1 saturated heterocycles. The lowest BCUT2D eigenvalue weighted by Gasteiger charge is -2.33. The summed E-state index contributed by atoms with van der Waals surface area (Å²) in [5.74, 6) is -0.880. The van der Waals surface area contributed by atoms with E-state index in [-0.39, 0.29) is 17.5 Å². The van der Waals surface area contributed by atoms with Gasteiger partial charge in [0.1, 0.15) is 5.56 Å². The maximum absolute atomic E-state index is 12.8. The summed E-state index contributed by atoms with van der Waals surface area (Å²) in [5.41, 5.74) is 3.76. The normalized spacial score (nSPS) is 15.4. The van der Waals surface area contributed by atoms with E-state index in [1.165, 1.54) is 6.20 Å². The number of carboxylic acid groups (broad SMARTS) is 1. The first-order chi connectivity index (χ1) is 11.9. The summed E-state index contributed by atoms with van der Waals surface area (Å²) in [7, 11) is 0. The Morgan fingerprint density at radius 2 is 1.80 bits per heavy atom. The molecule has 2 aromatic rings. The number of hydrogen-bond donors (Lipinski definition) is 1. The van der Waals surface area contributed by atoms with E-state index in [0.29, 0.717) is 18.8 Å². The third-order valence-electron chi connectivity index (χ3n) is 5.00. The van der Waals surface area contributed by atoms with Crippen molar-refractivity contribution in [3.63, 3.8) is 0 Å². The highest BCUT2D eigenvalue weighted by Crippen LogP contribution is 2.26. The Hall–Kier alpha value is -2.63. The van der Waals surface area contributed by atoms with E-state index in [1.807, 2.05) is 36.9 Å². The Morgan fingerprint density at radius 1 is 1.12 bits per heavy atom. The van der Waals surface area contributed by atoms with Crippen molar-refractivity contribution < 1.29 is 14.7 Å². The van der Waals surface area contributed by atoms with Crippen molar-refractivity contribution in [2.45, 2.75) is 39.7 Å². The zero-order chi connectivity index (χ0) is 18.1. The minimum atomic E-state index is -0.953.